The number of aryl methyl sites for hydroxylation is 1. The normalized spacial score (nSPS) is 17.6. The summed E-state index contributed by atoms with van der Waals surface area (Å²) in [7, 11) is 0. The van der Waals surface area contributed by atoms with E-state index >= 15 is 0 Å². The third kappa shape index (κ3) is 4.18. The first-order chi connectivity index (χ1) is 12.2. The lowest BCUT2D eigenvalue weighted by atomic mass is 10.2. The summed E-state index contributed by atoms with van der Waals surface area (Å²) in [6.45, 7) is 8.27. The number of carboxylic acid groups (broad SMARTS) is 1. The molecule has 0 N–H and O–H groups in total. The Kier molecular flexibility index (Phi) is 6.99. The van der Waals surface area contributed by atoms with E-state index in [1.54, 1.807) is 6.08 Å². The standard InChI is InChI=1S/C18H24N2O3S3/c1-10(2)19-11(3)8-13(12(19)4)9-15-16(21)20(18(24)26-15)14(17(22)23)6-7-25-5/h8-10,14H,6-7H2,1-5H3,(H,22,23)/p-1/b15-9+/t14-/m1/s1. The van der Waals surface area contributed by atoms with E-state index in [2.05, 4.69) is 18.4 Å². The number of hydrogen-bond donors (Lipinski definition) is 0. The molecule has 0 bridgehead atoms. The molecule has 1 fully saturated rings. The Morgan fingerprint density at radius 1 is 1.42 bits per heavy atom. The first-order valence-corrected chi connectivity index (χ1v) is 11.0. The highest BCUT2D eigenvalue weighted by atomic mass is 32.2. The van der Waals surface area contributed by atoms with Crippen molar-refractivity contribution in [1.29, 1.82) is 0 Å². The van der Waals surface area contributed by atoms with Crippen LogP contribution in [0.5, 0.6) is 0 Å². The third-order valence-electron chi connectivity index (χ3n) is 4.33. The van der Waals surface area contributed by atoms with Crippen LogP contribution in [0.1, 0.15) is 43.3 Å². The second kappa shape index (κ2) is 8.63. The fourth-order valence-electron chi connectivity index (χ4n) is 3.21. The number of rotatable bonds is 7. The molecule has 0 unspecified atom stereocenters. The molecule has 8 heteroatoms. The zero-order valence-corrected chi connectivity index (χ0v) is 18.0. The monoisotopic (exact) mass is 411 g/mol. The summed E-state index contributed by atoms with van der Waals surface area (Å²) < 4.78 is 2.48. The summed E-state index contributed by atoms with van der Waals surface area (Å²) in [5.74, 6) is -1.01. The van der Waals surface area contributed by atoms with Gasteiger partial charge in [0.25, 0.3) is 5.91 Å². The molecule has 142 valence electrons. The fourth-order valence-corrected chi connectivity index (χ4v) is 5.02. The fraction of sp³-hybridized carbons (Fsp3) is 0.500. The second-order valence-corrected chi connectivity index (χ2v) is 9.12. The second-order valence-electron chi connectivity index (χ2n) is 6.46. The summed E-state index contributed by atoms with van der Waals surface area (Å²) in [5, 5.41) is 11.5. The quantitative estimate of drug-likeness (QED) is 0.508. The van der Waals surface area contributed by atoms with Crippen LogP contribution in [-0.4, -0.2) is 43.7 Å². The molecule has 2 rings (SSSR count). The predicted molar refractivity (Wildman–Crippen MR) is 111 cm³/mol. The van der Waals surface area contributed by atoms with Gasteiger partial charge in [-0.1, -0.05) is 24.0 Å². The van der Waals surface area contributed by atoms with Gasteiger partial charge in [-0.2, -0.15) is 11.8 Å². The van der Waals surface area contributed by atoms with Crippen LogP contribution in [0.15, 0.2) is 11.0 Å². The van der Waals surface area contributed by atoms with Crippen molar-refractivity contribution in [2.75, 3.05) is 12.0 Å². The van der Waals surface area contributed by atoms with Gasteiger partial charge in [0.15, 0.2) is 0 Å². The van der Waals surface area contributed by atoms with Gasteiger partial charge in [-0.3, -0.25) is 9.69 Å². The van der Waals surface area contributed by atoms with Crippen molar-refractivity contribution in [3.05, 3.63) is 27.9 Å². The van der Waals surface area contributed by atoms with Crippen LogP contribution in [-0.2, 0) is 9.59 Å². The van der Waals surface area contributed by atoms with E-state index in [1.807, 2.05) is 26.2 Å². The molecular weight excluding hydrogens is 388 g/mol. The van der Waals surface area contributed by atoms with Crippen LogP contribution in [0.2, 0.25) is 0 Å². The van der Waals surface area contributed by atoms with E-state index in [4.69, 9.17) is 12.2 Å². The highest BCUT2D eigenvalue weighted by molar-refractivity contribution is 8.26. The molecule has 5 nitrogen and oxygen atoms in total. The smallest absolute Gasteiger partial charge is 0.266 e. The van der Waals surface area contributed by atoms with Gasteiger partial charge in [-0.15, -0.1) is 0 Å². The van der Waals surface area contributed by atoms with Gasteiger partial charge >= 0.3 is 0 Å². The molecule has 1 aromatic heterocycles. The molecule has 26 heavy (non-hydrogen) atoms. The molecule has 0 saturated carbocycles. The minimum absolute atomic E-state index is 0.272. The average Bonchev–Trinajstić information content (AvgIpc) is 2.97. The molecule has 0 spiro atoms. The number of carboxylic acids is 1. The predicted octanol–water partition coefficient (Wildman–Crippen LogP) is 2.76. The van der Waals surface area contributed by atoms with Crippen LogP contribution in [0.3, 0.4) is 0 Å². The Bertz CT molecular complexity index is 768. The van der Waals surface area contributed by atoms with Gasteiger partial charge in [-0.25, -0.2) is 0 Å². The van der Waals surface area contributed by atoms with Crippen molar-refractivity contribution >= 4 is 58.0 Å². The van der Waals surface area contributed by atoms with Crippen LogP contribution in [0, 0.1) is 13.8 Å². The molecule has 1 aliphatic rings. The van der Waals surface area contributed by atoms with Crippen molar-refractivity contribution in [2.24, 2.45) is 0 Å². The van der Waals surface area contributed by atoms with Crippen LogP contribution in [0.25, 0.3) is 6.08 Å². The lowest BCUT2D eigenvalue weighted by molar-refractivity contribution is -0.310. The van der Waals surface area contributed by atoms with Crippen molar-refractivity contribution in [3.63, 3.8) is 0 Å². The number of carbonyl (C=O) groups excluding carboxylic acids is 2. The maximum atomic E-state index is 12.8. The molecule has 0 radical (unpaired) electrons. The van der Waals surface area contributed by atoms with E-state index in [0.717, 1.165) is 28.7 Å². The zero-order valence-electron chi connectivity index (χ0n) is 15.6. The molecule has 0 aromatic carbocycles. The van der Waals surface area contributed by atoms with E-state index in [-0.39, 0.29) is 10.2 Å². The van der Waals surface area contributed by atoms with Gasteiger partial charge in [0.1, 0.15) is 4.32 Å². The van der Waals surface area contributed by atoms with Gasteiger partial charge < -0.3 is 14.5 Å². The number of thiocarbonyl (C=S) groups is 1. The summed E-state index contributed by atoms with van der Waals surface area (Å²) in [5.41, 5.74) is 3.14. The molecular formula is C18H23N2O3S3-. The van der Waals surface area contributed by atoms with Crippen molar-refractivity contribution < 1.29 is 14.7 Å². The SMILES string of the molecule is CSCC[C@H](C(=O)[O-])N1C(=O)/C(=C\c2cc(C)n(C(C)C)c2C)SC1=S. The summed E-state index contributed by atoms with van der Waals surface area (Å²) in [4.78, 5) is 26.0. The van der Waals surface area contributed by atoms with E-state index in [1.165, 1.54) is 16.7 Å². The average molecular weight is 412 g/mol. The van der Waals surface area contributed by atoms with Gasteiger partial charge in [0.05, 0.1) is 16.9 Å². The number of aliphatic carboxylic acids is 1. The maximum Gasteiger partial charge on any atom is 0.266 e. The zero-order chi connectivity index (χ0) is 19.6. The lowest BCUT2D eigenvalue weighted by Crippen LogP contribution is -2.50. The van der Waals surface area contributed by atoms with Crippen molar-refractivity contribution in [3.8, 4) is 0 Å². The lowest BCUT2D eigenvalue weighted by Gasteiger charge is -2.27. The Morgan fingerprint density at radius 2 is 2.08 bits per heavy atom. The largest absolute Gasteiger partial charge is 0.548 e. The third-order valence-corrected chi connectivity index (χ3v) is 6.30. The van der Waals surface area contributed by atoms with Crippen LogP contribution >= 0.6 is 35.7 Å². The number of carbonyl (C=O) groups is 2. The maximum absolute atomic E-state index is 12.8. The number of nitrogens with zero attached hydrogens (tertiary/aromatic N) is 2. The Balaban J connectivity index is 2.35. The molecule has 1 amide bonds. The minimum atomic E-state index is -1.27. The summed E-state index contributed by atoms with van der Waals surface area (Å²) >= 11 is 7.96. The highest BCUT2D eigenvalue weighted by Gasteiger charge is 2.37. The van der Waals surface area contributed by atoms with Gasteiger partial charge in [0.2, 0.25) is 0 Å². The van der Waals surface area contributed by atoms with E-state index in [9.17, 15) is 14.7 Å². The Labute approximate surface area is 168 Å². The molecule has 1 aliphatic heterocycles. The van der Waals surface area contributed by atoms with Gasteiger partial charge in [-0.05, 0) is 63.8 Å². The molecule has 1 atom stereocenters. The number of aromatic nitrogens is 1. The number of thioether (sulfide) groups is 2. The molecule has 2 heterocycles. The minimum Gasteiger partial charge on any atom is -0.548 e. The number of amides is 1. The summed E-state index contributed by atoms with van der Waals surface area (Å²) in [6, 6.07) is 1.33. The number of hydrogen-bond acceptors (Lipinski definition) is 6. The van der Waals surface area contributed by atoms with Crippen LogP contribution < -0.4 is 5.11 Å². The topological polar surface area (TPSA) is 65.4 Å². The van der Waals surface area contributed by atoms with E-state index in [0.29, 0.717) is 23.1 Å². The Hall–Kier alpha value is -1.25. The molecule has 1 aromatic rings. The summed E-state index contributed by atoms with van der Waals surface area (Å²) in [6.07, 6.45) is 4.01. The highest BCUT2D eigenvalue weighted by Crippen LogP contribution is 2.35. The Morgan fingerprint density at radius 3 is 2.58 bits per heavy atom. The first kappa shape index (κ1) is 21.1. The van der Waals surface area contributed by atoms with Crippen molar-refractivity contribution in [1.82, 2.24) is 9.47 Å². The van der Waals surface area contributed by atoms with Crippen molar-refractivity contribution in [2.45, 2.75) is 46.2 Å². The van der Waals surface area contributed by atoms with Crippen LogP contribution in [0.4, 0.5) is 0 Å². The molecule has 1 saturated heterocycles. The van der Waals surface area contributed by atoms with Gasteiger partial charge in [0, 0.05) is 17.4 Å². The van der Waals surface area contributed by atoms with E-state index < -0.39 is 12.0 Å². The first-order valence-electron chi connectivity index (χ1n) is 8.34. The molecule has 0 aliphatic carbocycles.